The van der Waals surface area contributed by atoms with Gasteiger partial charge in [0, 0.05) is 13.1 Å². The minimum absolute atomic E-state index is 0.764. The van der Waals surface area contributed by atoms with Crippen LogP contribution in [0.4, 0.5) is 5.82 Å². The van der Waals surface area contributed by atoms with E-state index in [4.69, 9.17) is 4.52 Å². The number of hydrogen-bond donors (Lipinski definition) is 0. The Morgan fingerprint density at radius 2 is 2.27 bits per heavy atom. The molecule has 0 radical (unpaired) electrons. The van der Waals surface area contributed by atoms with Crippen LogP contribution in [0.3, 0.4) is 0 Å². The van der Waals surface area contributed by atoms with Crippen LogP contribution in [0, 0.1) is 5.92 Å². The summed E-state index contributed by atoms with van der Waals surface area (Å²) in [7, 11) is 0. The third-order valence-corrected chi connectivity index (χ3v) is 3.08. The lowest BCUT2D eigenvalue weighted by Crippen LogP contribution is -2.19. The number of rotatable bonds is 1. The van der Waals surface area contributed by atoms with Crippen LogP contribution in [0.1, 0.15) is 13.3 Å². The molecule has 1 fully saturated rings. The molecule has 3 rings (SSSR count). The number of aromatic nitrogens is 1. The highest BCUT2D eigenvalue weighted by Crippen LogP contribution is 2.29. The summed E-state index contributed by atoms with van der Waals surface area (Å²) in [5.74, 6) is 1.77. The maximum absolute atomic E-state index is 5.31. The van der Waals surface area contributed by atoms with Gasteiger partial charge in [0.25, 0.3) is 0 Å². The molecule has 1 aliphatic heterocycles. The minimum atomic E-state index is 0.764. The van der Waals surface area contributed by atoms with E-state index in [9.17, 15) is 0 Å². The van der Waals surface area contributed by atoms with Crippen molar-refractivity contribution in [1.82, 2.24) is 5.16 Å². The van der Waals surface area contributed by atoms with E-state index in [0.29, 0.717) is 0 Å². The Kier molecular flexibility index (Phi) is 1.91. The average Bonchev–Trinajstić information content (AvgIpc) is 2.83. The fourth-order valence-electron chi connectivity index (χ4n) is 2.23. The van der Waals surface area contributed by atoms with Gasteiger partial charge in [-0.15, -0.1) is 0 Å². The van der Waals surface area contributed by atoms with Gasteiger partial charge in [-0.1, -0.05) is 24.2 Å². The van der Waals surface area contributed by atoms with Crippen LogP contribution in [-0.2, 0) is 0 Å². The molecule has 0 N–H and O–H groups in total. The van der Waals surface area contributed by atoms with E-state index in [1.807, 2.05) is 18.2 Å². The van der Waals surface area contributed by atoms with Crippen LogP contribution in [0.2, 0.25) is 0 Å². The van der Waals surface area contributed by atoms with E-state index in [-0.39, 0.29) is 0 Å². The van der Waals surface area contributed by atoms with Crippen molar-refractivity contribution in [2.45, 2.75) is 13.3 Å². The van der Waals surface area contributed by atoms with Gasteiger partial charge < -0.3 is 9.42 Å². The molecule has 2 heterocycles. The van der Waals surface area contributed by atoms with Crippen LogP contribution in [0.5, 0.6) is 0 Å². The Hall–Kier alpha value is -1.51. The Labute approximate surface area is 88.7 Å². The summed E-state index contributed by atoms with van der Waals surface area (Å²) < 4.78 is 5.31. The van der Waals surface area contributed by atoms with Gasteiger partial charge in [-0.2, -0.15) is 0 Å². The van der Waals surface area contributed by atoms with Gasteiger partial charge in [0.05, 0.1) is 5.39 Å². The predicted molar refractivity (Wildman–Crippen MR) is 60.0 cm³/mol. The van der Waals surface area contributed by atoms with E-state index in [0.717, 1.165) is 35.8 Å². The number of benzene rings is 1. The lowest BCUT2D eigenvalue weighted by Gasteiger charge is -2.13. The van der Waals surface area contributed by atoms with Crippen LogP contribution >= 0.6 is 0 Å². The first kappa shape index (κ1) is 8.77. The summed E-state index contributed by atoms with van der Waals surface area (Å²) in [5.41, 5.74) is 0.882. The Morgan fingerprint density at radius 3 is 3.07 bits per heavy atom. The van der Waals surface area contributed by atoms with Gasteiger partial charge in [-0.3, -0.25) is 0 Å². The van der Waals surface area contributed by atoms with Crippen molar-refractivity contribution in [1.29, 1.82) is 0 Å². The van der Waals surface area contributed by atoms with Crippen molar-refractivity contribution in [3.8, 4) is 0 Å². The molecular weight excluding hydrogens is 188 g/mol. The standard InChI is InChI=1S/C12H14N2O/c1-9-6-7-14(8-9)12-10-4-2-3-5-11(10)15-13-12/h2-5,9H,6-8H2,1H3. The number of para-hydroxylation sites is 1. The Bertz CT molecular complexity index is 477. The van der Waals surface area contributed by atoms with Crippen molar-refractivity contribution in [3.63, 3.8) is 0 Å². The number of hydrogen-bond acceptors (Lipinski definition) is 3. The van der Waals surface area contributed by atoms with Gasteiger partial charge in [-0.25, -0.2) is 0 Å². The van der Waals surface area contributed by atoms with Crippen LogP contribution in [0.25, 0.3) is 11.0 Å². The first-order chi connectivity index (χ1) is 7.34. The molecule has 78 valence electrons. The molecular formula is C12H14N2O. The van der Waals surface area contributed by atoms with Crippen molar-refractivity contribution < 1.29 is 4.52 Å². The van der Waals surface area contributed by atoms with E-state index >= 15 is 0 Å². The lowest BCUT2D eigenvalue weighted by molar-refractivity contribution is 0.456. The minimum Gasteiger partial charge on any atom is -0.354 e. The molecule has 0 aliphatic carbocycles. The fraction of sp³-hybridized carbons (Fsp3) is 0.417. The smallest absolute Gasteiger partial charge is 0.179 e. The zero-order valence-corrected chi connectivity index (χ0v) is 8.81. The molecule has 1 unspecified atom stereocenters. The molecule has 1 aromatic heterocycles. The Morgan fingerprint density at radius 1 is 1.40 bits per heavy atom. The number of nitrogens with zero attached hydrogens (tertiary/aromatic N) is 2. The molecule has 0 saturated carbocycles. The average molecular weight is 202 g/mol. The van der Waals surface area contributed by atoms with Gasteiger partial charge >= 0.3 is 0 Å². The van der Waals surface area contributed by atoms with E-state index in [1.165, 1.54) is 6.42 Å². The zero-order chi connectivity index (χ0) is 10.3. The van der Waals surface area contributed by atoms with Gasteiger partial charge in [0.15, 0.2) is 11.4 Å². The SMILES string of the molecule is CC1CCN(c2noc3ccccc23)C1. The van der Waals surface area contributed by atoms with Gasteiger partial charge in [-0.05, 0) is 24.5 Å². The van der Waals surface area contributed by atoms with Gasteiger partial charge in [0.1, 0.15) is 0 Å². The second-order valence-corrected chi connectivity index (χ2v) is 4.34. The maximum Gasteiger partial charge on any atom is 0.179 e. The van der Waals surface area contributed by atoms with Crippen molar-refractivity contribution >= 4 is 16.8 Å². The third kappa shape index (κ3) is 1.39. The maximum atomic E-state index is 5.31. The summed E-state index contributed by atoms with van der Waals surface area (Å²) in [6.45, 7) is 4.47. The first-order valence-corrected chi connectivity index (χ1v) is 5.44. The number of fused-ring (bicyclic) bond motifs is 1. The van der Waals surface area contributed by atoms with Crippen LogP contribution in [0.15, 0.2) is 28.8 Å². The van der Waals surface area contributed by atoms with Crippen LogP contribution in [-0.4, -0.2) is 18.2 Å². The molecule has 3 heteroatoms. The summed E-state index contributed by atoms with van der Waals surface area (Å²) in [5, 5.41) is 5.29. The zero-order valence-electron chi connectivity index (χ0n) is 8.81. The molecule has 1 saturated heterocycles. The highest BCUT2D eigenvalue weighted by atomic mass is 16.5. The molecule has 0 spiro atoms. The van der Waals surface area contributed by atoms with Crippen molar-refractivity contribution in [2.75, 3.05) is 18.0 Å². The van der Waals surface area contributed by atoms with E-state index in [1.54, 1.807) is 0 Å². The topological polar surface area (TPSA) is 29.3 Å². The summed E-state index contributed by atoms with van der Waals surface area (Å²) in [6, 6.07) is 8.04. The second kappa shape index (κ2) is 3.26. The quantitative estimate of drug-likeness (QED) is 0.712. The molecule has 0 amide bonds. The molecule has 3 nitrogen and oxygen atoms in total. The first-order valence-electron chi connectivity index (χ1n) is 5.44. The summed E-state index contributed by atoms with van der Waals surface area (Å²) >= 11 is 0. The van der Waals surface area contributed by atoms with Crippen molar-refractivity contribution in [3.05, 3.63) is 24.3 Å². The number of anilines is 1. The molecule has 0 bridgehead atoms. The fourth-order valence-corrected chi connectivity index (χ4v) is 2.23. The summed E-state index contributed by atoms with van der Waals surface area (Å²) in [4.78, 5) is 2.32. The molecule has 2 aromatic rings. The Balaban J connectivity index is 2.04. The monoisotopic (exact) mass is 202 g/mol. The molecule has 15 heavy (non-hydrogen) atoms. The summed E-state index contributed by atoms with van der Waals surface area (Å²) in [6.07, 6.45) is 1.25. The van der Waals surface area contributed by atoms with E-state index in [2.05, 4.69) is 23.0 Å². The normalized spacial score (nSPS) is 21.4. The highest BCUT2D eigenvalue weighted by Gasteiger charge is 2.22. The van der Waals surface area contributed by atoms with Crippen molar-refractivity contribution in [2.24, 2.45) is 5.92 Å². The predicted octanol–water partition coefficient (Wildman–Crippen LogP) is 2.67. The van der Waals surface area contributed by atoms with E-state index < -0.39 is 0 Å². The highest BCUT2D eigenvalue weighted by molar-refractivity contribution is 5.88. The largest absolute Gasteiger partial charge is 0.354 e. The van der Waals surface area contributed by atoms with Crippen LogP contribution < -0.4 is 4.90 Å². The second-order valence-electron chi connectivity index (χ2n) is 4.34. The molecule has 1 aromatic carbocycles. The molecule has 1 aliphatic rings. The van der Waals surface area contributed by atoms with Gasteiger partial charge in [0.2, 0.25) is 0 Å². The lowest BCUT2D eigenvalue weighted by atomic mass is 10.2. The molecule has 1 atom stereocenters. The third-order valence-electron chi connectivity index (χ3n) is 3.08.